The minimum atomic E-state index is 0.217. The number of carbonyl (C=O) groups is 1. The maximum atomic E-state index is 12.0. The van der Waals surface area contributed by atoms with Crippen LogP contribution in [0.1, 0.15) is 18.2 Å². The number of likely N-dealkylation sites (tertiary alicyclic amines) is 1. The molecule has 3 aromatic heterocycles. The SMILES string of the molecule is CCN1C[C@@H](CN(C)c2nc3nonc3nc2NCc2cccs2)CC1=O. The van der Waals surface area contributed by atoms with E-state index in [0.29, 0.717) is 42.4 Å². The highest BCUT2D eigenvalue weighted by Gasteiger charge is 2.30. The fourth-order valence-electron chi connectivity index (χ4n) is 3.35. The molecule has 0 radical (unpaired) electrons. The molecule has 0 saturated carbocycles. The Bertz CT molecular complexity index is 927. The summed E-state index contributed by atoms with van der Waals surface area (Å²) in [6.45, 7) is 4.90. The first-order valence-electron chi connectivity index (χ1n) is 8.89. The number of amides is 1. The van der Waals surface area contributed by atoms with E-state index in [9.17, 15) is 4.79 Å². The Kier molecular flexibility index (Phi) is 4.88. The van der Waals surface area contributed by atoms with Crippen molar-refractivity contribution in [1.29, 1.82) is 0 Å². The summed E-state index contributed by atoms with van der Waals surface area (Å²) >= 11 is 1.68. The van der Waals surface area contributed by atoms with Crippen molar-refractivity contribution < 1.29 is 9.42 Å². The van der Waals surface area contributed by atoms with Gasteiger partial charge in [-0.2, -0.15) is 0 Å². The van der Waals surface area contributed by atoms with Crippen molar-refractivity contribution in [1.82, 2.24) is 25.2 Å². The van der Waals surface area contributed by atoms with Crippen LogP contribution in [0, 0.1) is 5.92 Å². The number of thiophene rings is 1. The molecule has 142 valence electrons. The van der Waals surface area contributed by atoms with Crippen LogP contribution in [0.2, 0.25) is 0 Å². The Morgan fingerprint density at radius 2 is 2.19 bits per heavy atom. The number of anilines is 2. The van der Waals surface area contributed by atoms with Crippen LogP contribution >= 0.6 is 11.3 Å². The van der Waals surface area contributed by atoms with Gasteiger partial charge in [0.15, 0.2) is 11.6 Å². The van der Waals surface area contributed by atoms with E-state index in [2.05, 4.69) is 31.7 Å². The first kappa shape index (κ1) is 17.7. The fourth-order valence-corrected chi connectivity index (χ4v) is 4.00. The summed E-state index contributed by atoms with van der Waals surface area (Å²) in [6, 6.07) is 4.08. The zero-order chi connectivity index (χ0) is 18.8. The highest BCUT2D eigenvalue weighted by Crippen LogP contribution is 2.26. The summed E-state index contributed by atoms with van der Waals surface area (Å²) in [5, 5.41) is 13.0. The number of hydrogen-bond acceptors (Lipinski definition) is 9. The smallest absolute Gasteiger partial charge is 0.245 e. The molecule has 10 heteroatoms. The largest absolute Gasteiger partial charge is 0.362 e. The number of hydrogen-bond donors (Lipinski definition) is 1. The summed E-state index contributed by atoms with van der Waals surface area (Å²) in [7, 11) is 1.96. The molecule has 1 fully saturated rings. The first-order valence-corrected chi connectivity index (χ1v) is 9.77. The van der Waals surface area contributed by atoms with Gasteiger partial charge in [-0.1, -0.05) is 6.07 Å². The van der Waals surface area contributed by atoms with Crippen molar-refractivity contribution in [2.24, 2.45) is 5.92 Å². The lowest BCUT2D eigenvalue weighted by molar-refractivity contribution is -0.127. The third kappa shape index (κ3) is 3.70. The van der Waals surface area contributed by atoms with Gasteiger partial charge in [0.1, 0.15) is 0 Å². The zero-order valence-corrected chi connectivity index (χ0v) is 16.1. The van der Waals surface area contributed by atoms with Crippen LogP contribution in [0.15, 0.2) is 22.1 Å². The Morgan fingerprint density at radius 1 is 1.37 bits per heavy atom. The second kappa shape index (κ2) is 7.47. The minimum Gasteiger partial charge on any atom is -0.362 e. The van der Waals surface area contributed by atoms with E-state index in [4.69, 9.17) is 4.63 Å². The lowest BCUT2D eigenvalue weighted by Crippen LogP contribution is -2.30. The van der Waals surface area contributed by atoms with E-state index in [1.54, 1.807) is 11.3 Å². The first-order chi connectivity index (χ1) is 13.1. The number of rotatable bonds is 7. The fraction of sp³-hybridized carbons (Fsp3) is 0.471. The van der Waals surface area contributed by atoms with E-state index in [-0.39, 0.29) is 11.8 Å². The highest BCUT2D eigenvalue weighted by molar-refractivity contribution is 7.09. The quantitative estimate of drug-likeness (QED) is 0.657. The van der Waals surface area contributed by atoms with E-state index in [1.165, 1.54) is 4.88 Å². The molecule has 1 aliphatic heterocycles. The molecule has 9 nitrogen and oxygen atoms in total. The summed E-state index contributed by atoms with van der Waals surface area (Å²) in [6.07, 6.45) is 0.567. The van der Waals surface area contributed by atoms with E-state index in [0.717, 1.165) is 13.1 Å². The molecule has 3 aromatic rings. The number of carbonyl (C=O) groups excluding carboxylic acids is 1. The van der Waals surface area contributed by atoms with Gasteiger partial charge in [0.25, 0.3) is 0 Å². The molecule has 0 aromatic carbocycles. The van der Waals surface area contributed by atoms with E-state index in [1.807, 2.05) is 35.2 Å². The van der Waals surface area contributed by atoms with E-state index >= 15 is 0 Å². The Morgan fingerprint density at radius 3 is 2.89 bits per heavy atom. The van der Waals surface area contributed by atoms with Crippen molar-refractivity contribution >= 4 is 40.2 Å². The standard InChI is InChI=1S/C17H21N7O2S/c1-3-24-10-11(7-13(24)25)9-23(2)17-16(18-8-12-5-4-6-27-12)19-14-15(20-17)22-26-21-14/h4-6,11H,3,7-10H2,1-2H3,(H,18,19,21)/t11-/m1/s1. The van der Waals surface area contributed by atoms with E-state index < -0.39 is 0 Å². The predicted molar refractivity (Wildman–Crippen MR) is 103 cm³/mol. The Hall–Kier alpha value is -2.75. The summed E-state index contributed by atoms with van der Waals surface area (Å²) < 4.78 is 4.76. The van der Waals surface area contributed by atoms with Crippen LogP contribution in [0.5, 0.6) is 0 Å². The van der Waals surface area contributed by atoms with Crippen LogP contribution in [0.3, 0.4) is 0 Å². The van der Waals surface area contributed by atoms with Crippen molar-refractivity contribution in [3.63, 3.8) is 0 Å². The summed E-state index contributed by atoms with van der Waals surface area (Å²) in [5.74, 6) is 1.79. The number of nitrogens with zero attached hydrogens (tertiary/aromatic N) is 6. The average Bonchev–Trinajstić information content (AvgIpc) is 3.39. The van der Waals surface area contributed by atoms with Gasteiger partial charge >= 0.3 is 0 Å². The van der Waals surface area contributed by atoms with Crippen LogP contribution < -0.4 is 10.2 Å². The van der Waals surface area contributed by atoms with Crippen molar-refractivity contribution in [2.75, 3.05) is 36.9 Å². The lowest BCUT2D eigenvalue weighted by Gasteiger charge is -2.23. The molecule has 1 atom stereocenters. The summed E-state index contributed by atoms with van der Waals surface area (Å²) in [4.78, 5) is 26.2. The predicted octanol–water partition coefficient (Wildman–Crippen LogP) is 1.99. The maximum Gasteiger partial charge on any atom is 0.245 e. The molecule has 0 bridgehead atoms. The highest BCUT2D eigenvalue weighted by atomic mass is 32.1. The molecule has 1 saturated heterocycles. The molecule has 0 unspecified atom stereocenters. The van der Waals surface area contributed by atoms with Crippen LogP contribution in [0.25, 0.3) is 11.3 Å². The second-order valence-corrected chi connectivity index (χ2v) is 7.66. The molecular formula is C17H21N7O2S. The van der Waals surface area contributed by atoms with Crippen LogP contribution in [-0.4, -0.2) is 57.8 Å². The van der Waals surface area contributed by atoms with Crippen LogP contribution in [-0.2, 0) is 11.3 Å². The van der Waals surface area contributed by atoms with Gasteiger partial charge in [0, 0.05) is 43.9 Å². The average molecular weight is 387 g/mol. The maximum absolute atomic E-state index is 12.0. The number of aromatic nitrogens is 4. The molecular weight excluding hydrogens is 366 g/mol. The van der Waals surface area contributed by atoms with Gasteiger partial charge in [-0.05, 0) is 28.7 Å². The van der Waals surface area contributed by atoms with Gasteiger partial charge in [-0.3, -0.25) is 4.79 Å². The monoisotopic (exact) mass is 387 g/mol. The summed E-state index contributed by atoms with van der Waals surface area (Å²) in [5.41, 5.74) is 0.741. The number of fused-ring (bicyclic) bond motifs is 1. The molecule has 1 amide bonds. The molecule has 0 aliphatic carbocycles. The molecule has 27 heavy (non-hydrogen) atoms. The normalized spacial score (nSPS) is 17.0. The van der Waals surface area contributed by atoms with Crippen molar-refractivity contribution in [3.8, 4) is 0 Å². The molecule has 4 heterocycles. The van der Waals surface area contributed by atoms with Gasteiger partial charge < -0.3 is 15.1 Å². The van der Waals surface area contributed by atoms with Crippen molar-refractivity contribution in [2.45, 2.75) is 19.9 Å². The minimum absolute atomic E-state index is 0.217. The molecule has 1 aliphatic rings. The van der Waals surface area contributed by atoms with Gasteiger partial charge in [-0.15, -0.1) is 11.3 Å². The third-order valence-corrected chi connectivity index (χ3v) is 5.55. The van der Waals surface area contributed by atoms with Gasteiger partial charge in [-0.25, -0.2) is 14.6 Å². The van der Waals surface area contributed by atoms with Crippen molar-refractivity contribution in [3.05, 3.63) is 22.4 Å². The topological polar surface area (TPSA) is 100 Å². The third-order valence-electron chi connectivity index (χ3n) is 4.68. The Balaban J connectivity index is 1.55. The Labute approximate surface area is 160 Å². The second-order valence-electron chi connectivity index (χ2n) is 6.62. The molecule has 1 N–H and O–H groups in total. The van der Waals surface area contributed by atoms with Gasteiger partial charge in [0.05, 0.1) is 6.54 Å². The molecule has 4 rings (SSSR count). The number of nitrogens with one attached hydrogen (secondary N) is 1. The molecule has 0 spiro atoms. The zero-order valence-electron chi connectivity index (χ0n) is 15.3. The van der Waals surface area contributed by atoms with Crippen LogP contribution in [0.4, 0.5) is 11.6 Å². The lowest BCUT2D eigenvalue weighted by atomic mass is 10.1. The van der Waals surface area contributed by atoms with Gasteiger partial charge in [0.2, 0.25) is 17.2 Å².